The van der Waals surface area contributed by atoms with E-state index in [1.807, 2.05) is 30.3 Å². The molecule has 124 valence electrons. The van der Waals surface area contributed by atoms with Crippen LogP contribution in [-0.4, -0.2) is 48.5 Å². The molecule has 22 heavy (non-hydrogen) atoms. The Balaban J connectivity index is 1.69. The molecule has 1 aromatic carbocycles. The maximum atomic E-state index is 12.7. The van der Waals surface area contributed by atoms with Crippen molar-refractivity contribution in [2.75, 3.05) is 26.2 Å². The quantitative estimate of drug-likeness (QED) is 0.876. The molecular formula is C16H22F3NO2. The Labute approximate surface area is 128 Å². The van der Waals surface area contributed by atoms with Crippen LogP contribution in [0.25, 0.3) is 0 Å². The normalized spacial score (nSPS) is 21.7. The van der Waals surface area contributed by atoms with E-state index in [0.717, 1.165) is 5.56 Å². The fourth-order valence-electron chi connectivity index (χ4n) is 2.73. The highest BCUT2D eigenvalue weighted by Crippen LogP contribution is 2.33. The number of ether oxygens (including phenoxy) is 1. The Bertz CT molecular complexity index is 439. The molecule has 2 atom stereocenters. The number of nitrogens with zero attached hydrogens (tertiary/aromatic N) is 1. The Kier molecular flexibility index (Phi) is 6.23. The van der Waals surface area contributed by atoms with Crippen molar-refractivity contribution in [2.45, 2.75) is 31.7 Å². The highest BCUT2D eigenvalue weighted by molar-refractivity contribution is 5.13. The highest BCUT2D eigenvalue weighted by Gasteiger charge is 2.41. The molecule has 0 unspecified atom stereocenters. The van der Waals surface area contributed by atoms with E-state index in [1.54, 1.807) is 4.90 Å². The first-order valence-corrected chi connectivity index (χ1v) is 7.54. The van der Waals surface area contributed by atoms with E-state index in [9.17, 15) is 18.3 Å². The molecule has 6 heteroatoms. The lowest BCUT2D eigenvalue weighted by Gasteiger charge is -2.34. The summed E-state index contributed by atoms with van der Waals surface area (Å²) in [4.78, 5) is 1.68. The Hall–Kier alpha value is -1.11. The third-order valence-electron chi connectivity index (χ3n) is 3.86. The van der Waals surface area contributed by atoms with Gasteiger partial charge in [0.15, 0.2) is 0 Å². The van der Waals surface area contributed by atoms with Crippen molar-refractivity contribution in [1.29, 1.82) is 0 Å². The number of benzene rings is 1. The first kappa shape index (κ1) is 17.2. The van der Waals surface area contributed by atoms with Gasteiger partial charge in [-0.15, -0.1) is 0 Å². The van der Waals surface area contributed by atoms with E-state index in [1.165, 1.54) is 0 Å². The molecule has 1 saturated heterocycles. The number of halogens is 3. The van der Waals surface area contributed by atoms with Gasteiger partial charge in [-0.05, 0) is 24.9 Å². The maximum absolute atomic E-state index is 12.7. The molecule has 0 bridgehead atoms. The average Bonchev–Trinajstić information content (AvgIpc) is 2.48. The van der Waals surface area contributed by atoms with E-state index >= 15 is 0 Å². The Morgan fingerprint density at radius 2 is 2.00 bits per heavy atom. The number of hydrogen-bond donors (Lipinski definition) is 1. The molecule has 2 rings (SSSR count). The van der Waals surface area contributed by atoms with Gasteiger partial charge in [-0.3, -0.25) is 0 Å². The van der Waals surface area contributed by atoms with Gasteiger partial charge in [-0.25, -0.2) is 0 Å². The molecule has 0 spiro atoms. The lowest BCUT2D eigenvalue weighted by atomic mass is 9.97. The largest absolute Gasteiger partial charge is 0.393 e. The van der Waals surface area contributed by atoms with E-state index in [0.29, 0.717) is 19.6 Å². The lowest BCUT2D eigenvalue weighted by Crippen LogP contribution is -2.45. The second-order valence-corrected chi connectivity index (χ2v) is 5.79. The molecule has 1 fully saturated rings. The Morgan fingerprint density at radius 3 is 2.68 bits per heavy atom. The molecule has 1 N–H and O–H groups in total. The summed E-state index contributed by atoms with van der Waals surface area (Å²) in [6.45, 7) is 1.31. The van der Waals surface area contributed by atoms with Gasteiger partial charge in [0.1, 0.15) is 0 Å². The van der Waals surface area contributed by atoms with Gasteiger partial charge in [0.05, 0.1) is 25.2 Å². The van der Waals surface area contributed by atoms with Crippen LogP contribution in [-0.2, 0) is 11.3 Å². The monoisotopic (exact) mass is 317 g/mol. The van der Waals surface area contributed by atoms with Crippen LogP contribution in [0.1, 0.15) is 18.4 Å². The number of aliphatic hydroxyl groups is 1. The van der Waals surface area contributed by atoms with Gasteiger partial charge in [0.2, 0.25) is 0 Å². The number of likely N-dealkylation sites (tertiary alicyclic amines) is 1. The van der Waals surface area contributed by atoms with Crippen LogP contribution >= 0.6 is 0 Å². The molecule has 1 aliphatic heterocycles. The fourth-order valence-corrected chi connectivity index (χ4v) is 2.73. The van der Waals surface area contributed by atoms with Crippen molar-refractivity contribution in [2.24, 2.45) is 5.92 Å². The maximum Gasteiger partial charge on any atom is 0.393 e. The molecule has 3 nitrogen and oxygen atoms in total. The van der Waals surface area contributed by atoms with Crippen LogP contribution in [0.4, 0.5) is 13.2 Å². The third-order valence-corrected chi connectivity index (χ3v) is 3.86. The number of β-amino-alcohol motifs (C(OH)–C–C–N with tert-alkyl or cyclic N) is 1. The minimum absolute atomic E-state index is 0.0285. The summed E-state index contributed by atoms with van der Waals surface area (Å²) >= 11 is 0. The van der Waals surface area contributed by atoms with Crippen LogP contribution < -0.4 is 0 Å². The second-order valence-electron chi connectivity index (χ2n) is 5.79. The van der Waals surface area contributed by atoms with Gasteiger partial charge >= 0.3 is 6.18 Å². The van der Waals surface area contributed by atoms with E-state index in [-0.39, 0.29) is 26.1 Å². The zero-order valence-corrected chi connectivity index (χ0v) is 12.4. The summed E-state index contributed by atoms with van der Waals surface area (Å²) in [5, 5.41) is 9.92. The number of hydrogen-bond acceptors (Lipinski definition) is 3. The molecule has 0 aliphatic carbocycles. The van der Waals surface area contributed by atoms with Crippen LogP contribution in [0.2, 0.25) is 0 Å². The van der Waals surface area contributed by atoms with Crippen LogP contribution in [0.5, 0.6) is 0 Å². The summed E-state index contributed by atoms with van der Waals surface area (Å²) in [7, 11) is 0. The Morgan fingerprint density at radius 1 is 1.27 bits per heavy atom. The van der Waals surface area contributed by atoms with Gasteiger partial charge in [-0.1, -0.05) is 30.3 Å². The van der Waals surface area contributed by atoms with Crippen molar-refractivity contribution >= 4 is 0 Å². The molecule has 1 aromatic rings. The van der Waals surface area contributed by atoms with Gasteiger partial charge in [-0.2, -0.15) is 13.2 Å². The van der Waals surface area contributed by atoms with Crippen LogP contribution in [0.3, 0.4) is 0 Å². The van der Waals surface area contributed by atoms with Gasteiger partial charge in [0.25, 0.3) is 0 Å². The zero-order chi connectivity index (χ0) is 16.0. The smallest absolute Gasteiger partial charge is 0.389 e. The fraction of sp³-hybridized carbons (Fsp3) is 0.625. The summed E-state index contributed by atoms with van der Waals surface area (Å²) in [6, 6.07) is 9.56. The zero-order valence-electron chi connectivity index (χ0n) is 12.4. The molecule has 0 aromatic heterocycles. The van der Waals surface area contributed by atoms with E-state index in [2.05, 4.69) is 0 Å². The molecular weight excluding hydrogens is 295 g/mol. The topological polar surface area (TPSA) is 32.7 Å². The van der Waals surface area contributed by atoms with Crippen LogP contribution in [0.15, 0.2) is 30.3 Å². The van der Waals surface area contributed by atoms with Crippen molar-refractivity contribution in [3.63, 3.8) is 0 Å². The highest BCUT2D eigenvalue weighted by atomic mass is 19.4. The molecule has 0 amide bonds. The summed E-state index contributed by atoms with van der Waals surface area (Å²) in [6.07, 6.45) is -4.22. The van der Waals surface area contributed by atoms with Crippen LogP contribution in [0, 0.1) is 5.92 Å². The lowest BCUT2D eigenvalue weighted by molar-refractivity contribution is -0.187. The van der Waals surface area contributed by atoms with E-state index < -0.39 is 18.2 Å². The van der Waals surface area contributed by atoms with Crippen molar-refractivity contribution in [3.8, 4) is 0 Å². The predicted molar refractivity (Wildman–Crippen MR) is 77.3 cm³/mol. The molecule has 0 saturated carbocycles. The first-order valence-electron chi connectivity index (χ1n) is 7.54. The minimum atomic E-state index is -4.15. The summed E-state index contributed by atoms with van der Waals surface area (Å²) < 4.78 is 43.6. The predicted octanol–water partition coefficient (Wildman–Crippen LogP) is 2.84. The minimum Gasteiger partial charge on any atom is -0.389 e. The third kappa shape index (κ3) is 5.59. The number of aliphatic hydroxyl groups excluding tert-OH is 1. The summed E-state index contributed by atoms with van der Waals surface area (Å²) in [5.41, 5.74) is 1.00. The molecule has 1 heterocycles. The number of rotatable bonds is 6. The molecule has 1 aliphatic rings. The van der Waals surface area contributed by atoms with Gasteiger partial charge in [0, 0.05) is 13.1 Å². The van der Waals surface area contributed by atoms with Gasteiger partial charge < -0.3 is 14.7 Å². The van der Waals surface area contributed by atoms with Crippen molar-refractivity contribution in [3.05, 3.63) is 35.9 Å². The number of alkyl halides is 3. The van der Waals surface area contributed by atoms with Crippen molar-refractivity contribution in [1.82, 2.24) is 4.90 Å². The number of piperidine rings is 1. The SMILES string of the molecule is O[C@H](COCc1ccccc1)CN1CCC[C@@H](C(F)(F)F)C1. The standard InChI is InChI=1S/C16H22F3NO2/c17-16(18,19)14-7-4-8-20(9-14)10-15(21)12-22-11-13-5-2-1-3-6-13/h1-3,5-6,14-15,21H,4,7-12H2/t14-,15+/m1/s1. The second kappa shape index (κ2) is 7.94. The molecule has 0 radical (unpaired) electrons. The first-order chi connectivity index (χ1) is 10.4. The summed E-state index contributed by atoms with van der Waals surface area (Å²) in [5.74, 6) is -1.28. The average molecular weight is 317 g/mol. The van der Waals surface area contributed by atoms with E-state index in [4.69, 9.17) is 4.74 Å². The van der Waals surface area contributed by atoms with Crippen molar-refractivity contribution < 1.29 is 23.0 Å².